The van der Waals surface area contributed by atoms with Crippen LogP contribution in [0.2, 0.25) is 0 Å². The van der Waals surface area contributed by atoms with Crippen LogP contribution in [0.3, 0.4) is 0 Å². The van der Waals surface area contributed by atoms with Gasteiger partial charge in [0.2, 0.25) is 11.8 Å². The Balaban J connectivity index is 1.74. The van der Waals surface area contributed by atoms with Gasteiger partial charge in [-0.2, -0.15) is 0 Å². The standard InChI is InChI=1S/C21H21N3O2S/c1-3-20(26)24-18(16-7-5-4-6-8-16)13-22-21(24)27-14-19(25)23-17-11-9-15(2)10-12-17/h4-13H,3,14H2,1-2H3,(H,23,25). The summed E-state index contributed by atoms with van der Waals surface area (Å²) in [4.78, 5) is 29.1. The zero-order valence-corrected chi connectivity index (χ0v) is 16.1. The van der Waals surface area contributed by atoms with Crippen LogP contribution in [0.1, 0.15) is 23.7 Å². The molecule has 1 N–H and O–H groups in total. The molecule has 1 heterocycles. The van der Waals surface area contributed by atoms with E-state index >= 15 is 0 Å². The second kappa shape index (κ2) is 8.68. The molecule has 6 heteroatoms. The van der Waals surface area contributed by atoms with Crippen LogP contribution in [0, 0.1) is 6.92 Å². The summed E-state index contributed by atoms with van der Waals surface area (Å²) >= 11 is 1.26. The quantitative estimate of drug-likeness (QED) is 0.634. The van der Waals surface area contributed by atoms with Crippen molar-refractivity contribution in [3.8, 4) is 11.3 Å². The van der Waals surface area contributed by atoms with E-state index in [1.54, 1.807) is 10.8 Å². The highest BCUT2D eigenvalue weighted by atomic mass is 32.2. The van der Waals surface area contributed by atoms with Gasteiger partial charge in [0.15, 0.2) is 5.16 Å². The van der Waals surface area contributed by atoms with Crippen molar-refractivity contribution in [2.45, 2.75) is 25.4 Å². The second-order valence-corrected chi connectivity index (χ2v) is 7.02. The maximum absolute atomic E-state index is 12.5. The van der Waals surface area contributed by atoms with E-state index in [-0.39, 0.29) is 17.6 Å². The maximum Gasteiger partial charge on any atom is 0.234 e. The van der Waals surface area contributed by atoms with Crippen LogP contribution in [0.25, 0.3) is 11.3 Å². The maximum atomic E-state index is 12.5. The van der Waals surface area contributed by atoms with Gasteiger partial charge in [-0.3, -0.25) is 14.2 Å². The normalized spacial score (nSPS) is 10.6. The van der Waals surface area contributed by atoms with Crippen LogP contribution >= 0.6 is 11.8 Å². The second-order valence-electron chi connectivity index (χ2n) is 6.08. The number of aryl methyl sites for hydroxylation is 1. The molecule has 2 aromatic carbocycles. The van der Waals surface area contributed by atoms with Crippen molar-refractivity contribution in [2.24, 2.45) is 0 Å². The first-order valence-corrected chi connectivity index (χ1v) is 9.72. The van der Waals surface area contributed by atoms with Crippen LogP contribution < -0.4 is 5.32 Å². The predicted octanol–water partition coefficient (Wildman–Crippen LogP) is 4.64. The van der Waals surface area contributed by atoms with Crippen molar-refractivity contribution in [3.05, 3.63) is 66.4 Å². The molecule has 0 spiro atoms. The third-order valence-corrected chi connectivity index (χ3v) is 4.97. The fourth-order valence-corrected chi connectivity index (χ4v) is 3.40. The number of benzene rings is 2. The fourth-order valence-electron chi connectivity index (χ4n) is 2.61. The molecule has 0 unspecified atom stereocenters. The molecule has 1 aromatic heterocycles. The lowest BCUT2D eigenvalue weighted by Gasteiger charge is -2.10. The van der Waals surface area contributed by atoms with E-state index in [0.29, 0.717) is 11.6 Å². The Labute approximate surface area is 162 Å². The largest absolute Gasteiger partial charge is 0.325 e. The molecule has 0 saturated carbocycles. The van der Waals surface area contributed by atoms with Crippen LogP contribution in [0.15, 0.2) is 66.0 Å². The molecular formula is C21H21N3O2S. The summed E-state index contributed by atoms with van der Waals surface area (Å²) in [6.45, 7) is 3.81. The first kappa shape index (κ1) is 18.9. The van der Waals surface area contributed by atoms with Gasteiger partial charge < -0.3 is 5.32 Å². The van der Waals surface area contributed by atoms with E-state index in [0.717, 1.165) is 22.5 Å². The molecular weight excluding hydrogens is 358 g/mol. The highest BCUT2D eigenvalue weighted by Crippen LogP contribution is 2.26. The van der Waals surface area contributed by atoms with Crippen LogP contribution in [0.4, 0.5) is 5.69 Å². The highest BCUT2D eigenvalue weighted by Gasteiger charge is 2.18. The lowest BCUT2D eigenvalue weighted by atomic mass is 10.2. The number of carbonyl (C=O) groups is 2. The molecule has 138 valence electrons. The van der Waals surface area contributed by atoms with E-state index in [1.165, 1.54) is 11.8 Å². The van der Waals surface area contributed by atoms with Gasteiger partial charge in [0.25, 0.3) is 0 Å². The number of imidazole rings is 1. The zero-order chi connectivity index (χ0) is 19.2. The molecule has 3 rings (SSSR count). The number of carbonyl (C=O) groups excluding carboxylic acids is 2. The highest BCUT2D eigenvalue weighted by molar-refractivity contribution is 7.99. The molecule has 0 saturated heterocycles. The van der Waals surface area contributed by atoms with Gasteiger partial charge in [-0.25, -0.2) is 4.98 Å². The van der Waals surface area contributed by atoms with Crippen LogP contribution in [-0.4, -0.2) is 27.1 Å². The van der Waals surface area contributed by atoms with Crippen molar-refractivity contribution in [1.29, 1.82) is 0 Å². The number of aromatic nitrogens is 2. The summed E-state index contributed by atoms with van der Waals surface area (Å²) in [5.74, 6) is -0.00718. The molecule has 3 aromatic rings. The monoisotopic (exact) mass is 379 g/mol. The molecule has 0 aliphatic heterocycles. The van der Waals surface area contributed by atoms with Gasteiger partial charge in [-0.15, -0.1) is 0 Å². The lowest BCUT2D eigenvalue weighted by Crippen LogP contribution is -2.16. The number of nitrogens with zero attached hydrogens (tertiary/aromatic N) is 2. The molecule has 0 bridgehead atoms. The van der Waals surface area contributed by atoms with Gasteiger partial charge >= 0.3 is 0 Å². The van der Waals surface area contributed by atoms with E-state index in [2.05, 4.69) is 10.3 Å². The third-order valence-electron chi connectivity index (χ3n) is 4.02. The van der Waals surface area contributed by atoms with Crippen molar-refractivity contribution in [1.82, 2.24) is 9.55 Å². The Morgan fingerprint density at radius 1 is 1.07 bits per heavy atom. The smallest absolute Gasteiger partial charge is 0.234 e. The lowest BCUT2D eigenvalue weighted by molar-refractivity contribution is -0.113. The van der Waals surface area contributed by atoms with E-state index in [1.807, 2.05) is 68.4 Å². The number of amides is 1. The first-order valence-electron chi connectivity index (χ1n) is 8.74. The average Bonchev–Trinajstić information content (AvgIpc) is 3.12. The summed E-state index contributed by atoms with van der Waals surface area (Å²) in [6.07, 6.45) is 2.04. The SMILES string of the molecule is CCC(=O)n1c(-c2ccccc2)cnc1SCC(=O)Nc1ccc(C)cc1. The topological polar surface area (TPSA) is 64.0 Å². The summed E-state index contributed by atoms with van der Waals surface area (Å²) in [6, 6.07) is 17.3. The first-order chi connectivity index (χ1) is 13.1. The predicted molar refractivity (Wildman–Crippen MR) is 109 cm³/mol. The zero-order valence-electron chi connectivity index (χ0n) is 15.3. The van der Waals surface area contributed by atoms with Gasteiger partial charge in [0, 0.05) is 17.7 Å². The van der Waals surface area contributed by atoms with Crippen LogP contribution in [-0.2, 0) is 4.79 Å². The Morgan fingerprint density at radius 2 is 1.78 bits per heavy atom. The molecule has 27 heavy (non-hydrogen) atoms. The van der Waals surface area contributed by atoms with Crippen molar-refractivity contribution in [2.75, 3.05) is 11.1 Å². The molecule has 0 fully saturated rings. The molecule has 0 atom stereocenters. The molecule has 0 aliphatic carbocycles. The molecule has 5 nitrogen and oxygen atoms in total. The van der Waals surface area contributed by atoms with E-state index < -0.39 is 0 Å². The van der Waals surface area contributed by atoms with Gasteiger partial charge in [-0.05, 0) is 19.1 Å². The van der Waals surface area contributed by atoms with Crippen molar-refractivity contribution in [3.63, 3.8) is 0 Å². The third kappa shape index (κ3) is 4.65. The minimum absolute atomic E-state index is 0.0483. The van der Waals surface area contributed by atoms with Gasteiger partial charge in [-0.1, -0.05) is 66.7 Å². The number of rotatable bonds is 6. The summed E-state index contributed by atoms with van der Waals surface area (Å²) in [7, 11) is 0. The Morgan fingerprint density at radius 3 is 2.44 bits per heavy atom. The van der Waals surface area contributed by atoms with Crippen LogP contribution in [0.5, 0.6) is 0 Å². The summed E-state index contributed by atoms with van der Waals surface area (Å²) < 4.78 is 1.60. The molecule has 1 amide bonds. The number of nitrogens with one attached hydrogen (secondary N) is 1. The van der Waals surface area contributed by atoms with Gasteiger partial charge in [0.05, 0.1) is 17.6 Å². The Kier molecular flexibility index (Phi) is 6.08. The minimum Gasteiger partial charge on any atom is -0.325 e. The Bertz CT molecular complexity index is 934. The molecule has 0 aliphatic rings. The fraction of sp³-hybridized carbons (Fsp3) is 0.190. The Hall–Kier alpha value is -2.86. The van der Waals surface area contributed by atoms with Gasteiger partial charge in [0.1, 0.15) is 0 Å². The number of hydrogen-bond donors (Lipinski definition) is 1. The van der Waals surface area contributed by atoms with Crippen molar-refractivity contribution >= 4 is 29.3 Å². The van der Waals surface area contributed by atoms with E-state index in [9.17, 15) is 9.59 Å². The minimum atomic E-state index is -0.136. The molecule has 0 radical (unpaired) electrons. The van der Waals surface area contributed by atoms with E-state index in [4.69, 9.17) is 0 Å². The summed E-state index contributed by atoms with van der Waals surface area (Å²) in [5, 5.41) is 3.39. The summed E-state index contributed by atoms with van der Waals surface area (Å²) in [5.41, 5.74) is 3.55. The number of thioether (sulfide) groups is 1. The number of hydrogen-bond acceptors (Lipinski definition) is 4. The average molecular weight is 379 g/mol. The van der Waals surface area contributed by atoms with Crippen molar-refractivity contribution < 1.29 is 9.59 Å². The number of anilines is 1.